The number of piperidine rings is 1. The summed E-state index contributed by atoms with van der Waals surface area (Å²) >= 11 is 0. The number of rotatable bonds is 4. The van der Waals surface area contributed by atoms with Gasteiger partial charge >= 0.3 is 6.09 Å². The summed E-state index contributed by atoms with van der Waals surface area (Å²) < 4.78 is 20.3. The van der Waals surface area contributed by atoms with Gasteiger partial charge in [-0.2, -0.15) is 5.10 Å². The smallest absolute Gasteiger partial charge is 0.410 e. The van der Waals surface area contributed by atoms with Crippen LogP contribution < -0.4 is 4.74 Å². The molecule has 1 aromatic heterocycles. The van der Waals surface area contributed by atoms with Crippen molar-refractivity contribution in [2.75, 3.05) is 19.7 Å². The zero-order valence-corrected chi connectivity index (χ0v) is 22.2. The standard InChI is InChI=1S/C29H37N3O5/c1-28(2,3)37-27(34)31-14-12-29(4,13-15-31)36-25-18-21(20-8-10-22(33)11-9-20)17-24-23(25)19-30-32(24)26-7-5-6-16-35-26/h8-11,17-19,26,33H,5-7,12-16H2,1-4H3. The lowest BCUT2D eigenvalue weighted by Crippen LogP contribution is -2.49. The average molecular weight is 508 g/mol. The third-order valence-corrected chi connectivity index (χ3v) is 7.14. The first kappa shape index (κ1) is 25.4. The highest BCUT2D eigenvalue weighted by Crippen LogP contribution is 2.39. The molecule has 2 saturated heterocycles. The summed E-state index contributed by atoms with van der Waals surface area (Å²) in [6.07, 6.45) is 5.98. The Morgan fingerprint density at radius 2 is 1.84 bits per heavy atom. The van der Waals surface area contributed by atoms with Gasteiger partial charge in [0.15, 0.2) is 6.23 Å². The molecule has 1 amide bonds. The molecule has 37 heavy (non-hydrogen) atoms. The fourth-order valence-corrected chi connectivity index (χ4v) is 5.02. The topological polar surface area (TPSA) is 86.0 Å². The second-order valence-corrected chi connectivity index (χ2v) is 11.4. The van der Waals surface area contributed by atoms with Crippen LogP contribution in [-0.2, 0) is 9.47 Å². The van der Waals surface area contributed by atoms with E-state index in [0.717, 1.165) is 53.6 Å². The van der Waals surface area contributed by atoms with Crippen molar-refractivity contribution in [2.24, 2.45) is 0 Å². The van der Waals surface area contributed by atoms with E-state index in [0.29, 0.717) is 25.9 Å². The van der Waals surface area contributed by atoms with Gasteiger partial charge in [-0.1, -0.05) is 12.1 Å². The first-order chi connectivity index (χ1) is 17.6. The van der Waals surface area contributed by atoms with E-state index in [-0.39, 0.29) is 18.1 Å². The Balaban J connectivity index is 1.44. The minimum Gasteiger partial charge on any atom is -0.508 e. The molecule has 1 unspecified atom stereocenters. The number of benzene rings is 2. The minimum absolute atomic E-state index is 0.0955. The molecule has 2 aliphatic heterocycles. The number of phenolic OH excluding ortho intramolecular Hbond substituents is 1. The molecular weight excluding hydrogens is 470 g/mol. The van der Waals surface area contributed by atoms with Crippen LogP contribution in [0, 0.1) is 0 Å². The summed E-state index contributed by atoms with van der Waals surface area (Å²) in [6.45, 7) is 9.63. The largest absolute Gasteiger partial charge is 0.508 e. The molecule has 0 bridgehead atoms. The molecule has 2 aromatic carbocycles. The van der Waals surface area contributed by atoms with Gasteiger partial charge in [0.1, 0.15) is 22.7 Å². The Hall–Kier alpha value is -3.26. The fraction of sp³-hybridized carbons (Fsp3) is 0.517. The normalized spacial score (nSPS) is 20.1. The van der Waals surface area contributed by atoms with Crippen molar-refractivity contribution >= 4 is 17.0 Å². The molecule has 0 spiro atoms. The lowest BCUT2D eigenvalue weighted by molar-refractivity contribution is -0.0366. The molecule has 3 heterocycles. The molecular formula is C29H37N3O5. The quantitative estimate of drug-likeness (QED) is 0.448. The van der Waals surface area contributed by atoms with Crippen LogP contribution in [0.3, 0.4) is 0 Å². The number of aromatic hydroxyl groups is 1. The molecule has 198 valence electrons. The van der Waals surface area contributed by atoms with Gasteiger partial charge in [-0.15, -0.1) is 0 Å². The predicted octanol–water partition coefficient (Wildman–Crippen LogP) is 6.28. The highest BCUT2D eigenvalue weighted by molar-refractivity contribution is 5.90. The lowest BCUT2D eigenvalue weighted by Gasteiger charge is -2.40. The maximum Gasteiger partial charge on any atom is 0.410 e. The number of nitrogens with zero attached hydrogens (tertiary/aromatic N) is 3. The summed E-state index contributed by atoms with van der Waals surface area (Å²) in [6, 6.07) is 11.4. The van der Waals surface area contributed by atoms with E-state index in [9.17, 15) is 9.90 Å². The van der Waals surface area contributed by atoms with Crippen molar-refractivity contribution in [1.82, 2.24) is 14.7 Å². The Bertz CT molecular complexity index is 1250. The molecule has 8 heteroatoms. The highest BCUT2D eigenvalue weighted by Gasteiger charge is 2.36. The van der Waals surface area contributed by atoms with Gasteiger partial charge in [0.2, 0.25) is 0 Å². The number of amides is 1. The van der Waals surface area contributed by atoms with Crippen LogP contribution in [0.25, 0.3) is 22.0 Å². The number of carbonyl (C=O) groups excluding carboxylic acids is 1. The molecule has 0 aliphatic carbocycles. The zero-order valence-electron chi connectivity index (χ0n) is 22.2. The fourth-order valence-electron chi connectivity index (χ4n) is 5.02. The van der Waals surface area contributed by atoms with Gasteiger partial charge in [-0.3, -0.25) is 0 Å². The minimum atomic E-state index is -0.517. The average Bonchev–Trinajstić information content (AvgIpc) is 3.29. The molecule has 3 aromatic rings. The number of phenols is 1. The molecule has 0 saturated carbocycles. The van der Waals surface area contributed by atoms with Crippen molar-refractivity contribution in [2.45, 2.75) is 77.2 Å². The van der Waals surface area contributed by atoms with E-state index in [4.69, 9.17) is 19.3 Å². The van der Waals surface area contributed by atoms with Crippen molar-refractivity contribution in [3.8, 4) is 22.6 Å². The van der Waals surface area contributed by atoms with E-state index in [2.05, 4.69) is 13.0 Å². The van der Waals surface area contributed by atoms with E-state index in [1.165, 1.54) is 0 Å². The number of carbonyl (C=O) groups is 1. The van der Waals surface area contributed by atoms with E-state index < -0.39 is 11.2 Å². The highest BCUT2D eigenvalue weighted by atomic mass is 16.6. The number of ether oxygens (including phenoxy) is 3. The second-order valence-electron chi connectivity index (χ2n) is 11.4. The summed E-state index contributed by atoms with van der Waals surface area (Å²) in [5.41, 5.74) is 1.96. The summed E-state index contributed by atoms with van der Waals surface area (Å²) in [7, 11) is 0. The summed E-state index contributed by atoms with van der Waals surface area (Å²) in [5.74, 6) is 0.988. The van der Waals surface area contributed by atoms with Crippen molar-refractivity contribution in [3.63, 3.8) is 0 Å². The van der Waals surface area contributed by atoms with E-state index in [1.54, 1.807) is 17.0 Å². The van der Waals surface area contributed by atoms with Gasteiger partial charge in [-0.25, -0.2) is 9.48 Å². The maximum atomic E-state index is 12.6. The van der Waals surface area contributed by atoms with Crippen LogP contribution in [0.15, 0.2) is 42.6 Å². The Morgan fingerprint density at radius 3 is 2.49 bits per heavy atom. The molecule has 1 atom stereocenters. The molecule has 1 N–H and O–H groups in total. The third kappa shape index (κ3) is 5.69. The van der Waals surface area contributed by atoms with Crippen molar-refractivity contribution < 1.29 is 24.1 Å². The van der Waals surface area contributed by atoms with Crippen LogP contribution in [0.4, 0.5) is 4.79 Å². The van der Waals surface area contributed by atoms with Gasteiger partial charge in [0.05, 0.1) is 17.1 Å². The maximum absolute atomic E-state index is 12.6. The summed E-state index contributed by atoms with van der Waals surface area (Å²) in [4.78, 5) is 14.3. The SMILES string of the molecule is CC(C)(C)OC(=O)N1CCC(C)(Oc2cc(-c3ccc(O)cc3)cc3c2cnn3C2CCCCO2)CC1. The number of hydrogen-bond acceptors (Lipinski definition) is 6. The van der Waals surface area contributed by atoms with Gasteiger partial charge in [-0.05, 0) is 82.3 Å². The van der Waals surface area contributed by atoms with Gasteiger partial charge in [0, 0.05) is 32.5 Å². The Kier molecular flexibility index (Phi) is 6.79. The monoisotopic (exact) mass is 507 g/mol. The van der Waals surface area contributed by atoms with Crippen LogP contribution in [0.1, 0.15) is 66.0 Å². The van der Waals surface area contributed by atoms with Gasteiger partial charge < -0.3 is 24.2 Å². The third-order valence-electron chi connectivity index (χ3n) is 7.14. The first-order valence-electron chi connectivity index (χ1n) is 13.2. The zero-order chi connectivity index (χ0) is 26.2. The molecule has 2 aliphatic rings. The van der Waals surface area contributed by atoms with E-state index >= 15 is 0 Å². The molecule has 8 nitrogen and oxygen atoms in total. The van der Waals surface area contributed by atoms with Crippen LogP contribution in [-0.4, -0.2) is 56.8 Å². The molecule has 5 rings (SSSR count). The van der Waals surface area contributed by atoms with Crippen LogP contribution in [0.2, 0.25) is 0 Å². The Morgan fingerprint density at radius 1 is 1.11 bits per heavy atom. The van der Waals surface area contributed by atoms with Gasteiger partial charge in [0.25, 0.3) is 0 Å². The van der Waals surface area contributed by atoms with E-state index in [1.807, 2.05) is 49.8 Å². The number of fused-ring (bicyclic) bond motifs is 1. The van der Waals surface area contributed by atoms with Crippen molar-refractivity contribution in [3.05, 3.63) is 42.6 Å². The molecule has 2 fully saturated rings. The lowest BCUT2D eigenvalue weighted by atomic mass is 9.93. The van der Waals surface area contributed by atoms with Crippen LogP contribution >= 0.6 is 0 Å². The second kappa shape index (κ2) is 9.89. The number of aromatic nitrogens is 2. The molecule has 0 radical (unpaired) electrons. The number of likely N-dealkylation sites (tertiary alicyclic amines) is 1. The predicted molar refractivity (Wildman–Crippen MR) is 142 cm³/mol. The Labute approximate surface area is 218 Å². The first-order valence-corrected chi connectivity index (χ1v) is 13.2. The summed E-state index contributed by atoms with van der Waals surface area (Å²) in [5, 5.41) is 15.4. The van der Waals surface area contributed by atoms with Crippen LogP contribution in [0.5, 0.6) is 11.5 Å². The number of hydrogen-bond donors (Lipinski definition) is 1. The van der Waals surface area contributed by atoms with Crippen molar-refractivity contribution in [1.29, 1.82) is 0 Å².